The third kappa shape index (κ3) is 5.22. The molecule has 3 rings (SSSR count). The van der Waals surface area contributed by atoms with Crippen LogP contribution in [0.2, 0.25) is 0 Å². The van der Waals surface area contributed by atoms with Crippen LogP contribution in [0.4, 0.5) is 9.18 Å². The number of halogens is 1. The van der Waals surface area contributed by atoms with E-state index in [4.69, 9.17) is 4.74 Å². The van der Waals surface area contributed by atoms with Crippen LogP contribution in [0.25, 0.3) is 0 Å². The second-order valence-electron chi connectivity index (χ2n) is 6.78. The summed E-state index contributed by atoms with van der Waals surface area (Å²) in [4.78, 5) is 27.9. The topological polar surface area (TPSA) is 74.2 Å². The summed E-state index contributed by atoms with van der Waals surface area (Å²) in [6, 6.07) is 9.29. The van der Waals surface area contributed by atoms with Gasteiger partial charge in [-0.25, -0.2) is 14.2 Å². The van der Waals surface area contributed by atoms with E-state index in [1.807, 2.05) is 24.4 Å². The Morgan fingerprint density at radius 3 is 2.73 bits per heavy atom. The molecule has 1 aliphatic rings. The van der Waals surface area contributed by atoms with Crippen LogP contribution in [0, 0.1) is 5.82 Å². The summed E-state index contributed by atoms with van der Waals surface area (Å²) in [6.07, 6.45) is 0.525. The lowest BCUT2D eigenvalue weighted by atomic mass is 10.0. The van der Waals surface area contributed by atoms with E-state index >= 15 is 0 Å². The Labute approximate surface area is 179 Å². The number of hydrogen-bond acceptors (Lipinski definition) is 5. The zero-order chi connectivity index (χ0) is 21.5. The Morgan fingerprint density at radius 2 is 2.10 bits per heavy atom. The normalized spacial score (nSPS) is 15.8. The number of urea groups is 1. The van der Waals surface area contributed by atoms with Crippen molar-refractivity contribution in [2.75, 3.05) is 33.4 Å². The van der Waals surface area contributed by atoms with Gasteiger partial charge in [-0.05, 0) is 36.1 Å². The van der Waals surface area contributed by atoms with Crippen molar-refractivity contribution in [2.45, 2.75) is 19.4 Å². The monoisotopic (exact) mass is 432 g/mol. The zero-order valence-electron chi connectivity index (χ0n) is 17.0. The Kier molecular flexibility index (Phi) is 7.53. The van der Waals surface area contributed by atoms with Crippen molar-refractivity contribution < 1.29 is 18.7 Å². The molecule has 2 heterocycles. The highest BCUT2D eigenvalue weighted by Crippen LogP contribution is 2.34. The highest BCUT2D eigenvalue weighted by Gasteiger charge is 2.34. The molecule has 0 fully saturated rings. The van der Waals surface area contributed by atoms with Gasteiger partial charge in [0.25, 0.3) is 5.91 Å². The molecule has 0 spiro atoms. The summed E-state index contributed by atoms with van der Waals surface area (Å²) in [5.74, 6) is -0.644. The van der Waals surface area contributed by atoms with Gasteiger partial charge in [0, 0.05) is 26.6 Å². The van der Waals surface area contributed by atoms with E-state index in [0.717, 1.165) is 16.2 Å². The first kappa shape index (κ1) is 21.9. The van der Waals surface area contributed by atoms with Gasteiger partial charge < -0.3 is 15.0 Å². The number of amides is 3. The smallest absolute Gasteiger partial charge is 0.317 e. The van der Waals surface area contributed by atoms with E-state index in [0.29, 0.717) is 19.6 Å². The van der Waals surface area contributed by atoms with Crippen LogP contribution in [0.1, 0.15) is 29.8 Å². The molecule has 7 nitrogen and oxygen atoms in total. The lowest BCUT2D eigenvalue weighted by Gasteiger charge is -2.27. The second-order valence-corrected chi connectivity index (χ2v) is 7.73. The molecule has 0 radical (unpaired) electrons. The standard InChI is InChI=1S/C21H25FN4O3S/c1-3-23-21(28)25(10-11-29-2)14-20(27)26-18(15-6-8-16(22)9-7-15)13-17(24-26)19-5-4-12-30-19/h4-9,12,18H,3,10-11,13-14H2,1-2H3,(H,23,28)/t18-/m0/s1. The highest BCUT2D eigenvalue weighted by atomic mass is 32.1. The summed E-state index contributed by atoms with van der Waals surface area (Å²) in [6.45, 7) is 2.74. The van der Waals surface area contributed by atoms with Crippen LogP contribution in [-0.2, 0) is 9.53 Å². The molecule has 160 valence electrons. The van der Waals surface area contributed by atoms with Crippen molar-refractivity contribution in [3.05, 3.63) is 58.0 Å². The van der Waals surface area contributed by atoms with Crippen LogP contribution in [0.5, 0.6) is 0 Å². The molecule has 0 saturated heterocycles. The number of benzene rings is 1. The Hall–Kier alpha value is -2.78. The molecule has 1 atom stereocenters. The van der Waals surface area contributed by atoms with Gasteiger partial charge in [0.05, 0.1) is 23.2 Å². The number of nitrogens with zero attached hydrogens (tertiary/aromatic N) is 3. The van der Waals surface area contributed by atoms with E-state index in [1.165, 1.54) is 22.0 Å². The van der Waals surface area contributed by atoms with Crippen molar-refractivity contribution in [3.8, 4) is 0 Å². The molecule has 1 N–H and O–H groups in total. The Balaban J connectivity index is 1.84. The molecule has 1 aromatic carbocycles. The molecule has 1 aliphatic heterocycles. The minimum Gasteiger partial charge on any atom is -0.383 e. The maximum absolute atomic E-state index is 13.4. The molecule has 30 heavy (non-hydrogen) atoms. The summed E-state index contributed by atoms with van der Waals surface area (Å²) >= 11 is 1.55. The first-order chi connectivity index (χ1) is 14.5. The Bertz CT molecular complexity index is 886. The zero-order valence-corrected chi connectivity index (χ0v) is 17.8. The van der Waals surface area contributed by atoms with Crippen molar-refractivity contribution in [1.29, 1.82) is 0 Å². The highest BCUT2D eigenvalue weighted by molar-refractivity contribution is 7.12. The number of hydrazone groups is 1. The fraction of sp³-hybridized carbons (Fsp3) is 0.381. The lowest BCUT2D eigenvalue weighted by molar-refractivity contribution is -0.133. The van der Waals surface area contributed by atoms with Gasteiger partial charge in [-0.15, -0.1) is 11.3 Å². The maximum atomic E-state index is 13.4. The minimum atomic E-state index is -0.353. The van der Waals surface area contributed by atoms with E-state index in [2.05, 4.69) is 10.4 Å². The fourth-order valence-corrected chi connectivity index (χ4v) is 3.95. The van der Waals surface area contributed by atoms with Gasteiger partial charge in [-0.3, -0.25) is 4.79 Å². The fourth-order valence-electron chi connectivity index (χ4n) is 3.23. The Morgan fingerprint density at radius 1 is 1.33 bits per heavy atom. The quantitative estimate of drug-likeness (QED) is 0.696. The summed E-state index contributed by atoms with van der Waals surface area (Å²) in [5.41, 5.74) is 1.59. The molecule has 0 bridgehead atoms. The number of nitrogens with one attached hydrogen (secondary N) is 1. The van der Waals surface area contributed by atoms with Crippen LogP contribution in [0.3, 0.4) is 0 Å². The molecule has 0 unspecified atom stereocenters. The predicted octanol–water partition coefficient (Wildman–Crippen LogP) is 3.24. The molecule has 9 heteroatoms. The second kappa shape index (κ2) is 10.3. The van der Waals surface area contributed by atoms with Gasteiger partial charge in [-0.1, -0.05) is 18.2 Å². The minimum absolute atomic E-state index is 0.131. The molecule has 2 aromatic rings. The van der Waals surface area contributed by atoms with E-state index in [1.54, 1.807) is 30.6 Å². The van der Waals surface area contributed by atoms with Gasteiger partial charge in [0.15, 0.2) is 0 Å². The van der Waals surface area contributed by atoms with E-state index in [9.17, 15) is 14.0 Å². The number of thiophene rings is 1. The third-order valence-electron chi connectivity index (χ3n) is 4.73. The molecule has 0 aliphatic carbocycles. The van der Waals surface area contributed by atoms with Crippen LogP contribution in [-0.4, -0.2) is 60.9 Å². The van der Waals surface area contributed by atoms with Crippen LogP contribution in [0.15, 0.2) is 46.9 Å². The first-order valence-electron chi connectivity index (χ1n) is 9.74. The van der Waals surface area contributed by atoms with Gasteiger partial charge in [-0.2, -0.15) is 5.10 Å². The number of carbonyl (C=O) groups is 2. The van der Waals surface area contributed by atoms with Crippen molar-refractivity contribution in [1.82, 2.24) is 15.2 Å². The van der Waals surface area contributed by atoms with Gasteiger partial charge >= 0.3 is 6.03 Å². The number of methoxy groups -OCH3 is 1. The number of ether oxygens (including phenoxy) is 1. The van der Waals surface area contributed by atoms with Crippen LogP contribution < -0.4 is 5.32 Å². The average Bonchev–Trinajstić information content (AvgIpc) is 3.41. The summed E-state index contributed by atoms with van der Waals surface area (Å²) in [5, 5.41) is 10.7. The van der Waals surface area contributed by atoms with Crippen molar-refractivity contribution in [2.24, 2.45) is 5.10 Å². The van der Waals surface area contributed by atoms with E-state index < -0.39 is 0 Å². The summed E-state index contributed by atoms with van der Waals surface area (Å²) < 4.78 is 18.5. The van der Waals surface area contributed by atoms with Crippen LogP contribution >= 0.6 is 11.3 Å². The molecular weight excluding hydrogens is 407 g/mol. The lowest BCUT2D eigenvalue weighted by Crippen LogP contribution is -2.47. The average molecular weight is 433 g/mol. The van der Waals surface area contributed by atoms with Gasteiger partial charge in [0.1, 0.15) is 12.4 Å². The van der Waals surface area contributed by atoms with Crippen molar-refractivity contribution >= 4 is 29.0 Å². The molecule has 1 aromatic heterocycles. The maximum Gasteiger partial charge on any atom is 0.317 e. The van der Waals surface area contributed by atoms with Crippen molar-refractivity contribution in [3.63, 3.8) is 0 Å². The predicted molar refractivity (Wildman–Crippen MR) is 114 cm³/mol. The van der Waals surface area contributed by atoms with E-state index in [-0.39, 0.29) is 36.9 Å². The molecule has 3 amide bonds. The number of hydrogen-bond donors (Lipinski definition) is 1. The number of rotatable bonds is 8. The summed E-state index contributed by atoms with van der Waals surface area (Å²) in [7, 11) is 1.54. The third-order valence-corrected chi connectivity index (χ3v) is 5.65. The molecular formula is C21H25FN4O3S. The number of carbonyl (C=O) groups excluding carboxylic acids is 2. The largest absolute Gasteiger partial charge is 0.383 e. The van der Waals surface area contributed by atoms with Gasteiger partial charge in [0.2, 0.25) is 0 Å². The first-order valence-corrected chi connectivity index (χ1v) is 10.6. The molecule has 0 saturated carbocycles. The SMILES string of the molecule is CCNC(=O)N(CCOC)CC(=O)N1N=C(c2cccs2)C[C@H]1c1ccc(F)cc1.